The van der Waals surface area contributed by atoms with Crippen LogP contribution in [-0.2, 0) is 4.79 Å². The van der Waals surface area contributed by atoms with Gasteiger partial charge in [0.2, 0.25) is 5.91 Å². The van der Waals surface area contributed by atoms with E-state index in [0.717, 1.165) is 52.1 Å². The zero-order chi connectivity index (χ0) is 25.2. The molecule has 0 atom stereocenters. The van der Waals surface area contributed by atoms with Gasteiger partial charge in [-0.3, -0.25) is 4.79 Å². The van der Waals surface area contributed by atoms with E-state index in [2.05, 4.69) is 20.3 Å². The Labute approximate surface area is 213 Å². The number of amides is 1. The molecule has 3 aromatic heterocycles. The van der Waals surface area contributed by atoms with E-state index in [1.807, 2.05) is 77.3 Å². The molecular weight excluding hydrogens is 466 g/mol. The van der Waals surface area contributed by atoms with Crippen molar-refractivity contribution < 1.29 is 9.53 Å². The topological polar surface area (TPSA) is 101 Å². The van der Waals surface area contributed by atoms with Crippen LogP contribution in [0, 0.1) is 0 Å². The van der Waals surface area contributed by atoms with Crippen molar-refractivity contribution in [2.75, 3.05) is 18.4 Å². The smallest absolute Gasteiger partial charge is 0.246 e. The predicted molar refractivity (Wildman–Crippen MR) is 143 cm³/mol. The zero-order valence-electron chi connectivity index (χ0n) is 20.5. The highest BCUT2D eigenvalue weighted by Crippen LogP contribution is 2.34. The normalized spacial score (nSPS) is 14.6. The number of hydrogen-bond donors (Lipinski definition) is 2. The number of carbonyl (C=O) groups is 1. The molecule has 5 aromatic rings. The number of ether oxygens (including phenoxy) is 1. The lowest BCUT2D eigenvalue weighted by Gasteiger charge is -2.32. The standard InChI is InChI=1S/C28H27N7O2/c1-2-6-24(36)34-15-13-20(14-16-34)35-28-25-23(17-29-27(25)30-18-31-28)26(33-35)32-19-9-11-22(12-10-19)37-21-7-4-3-5-8-21/h2-12,17-18,20H,13-16H2,1H3,(H,32,33)(H,29,30,31)/b6-2+. The van der Waals surface area contributed by atoms with E-state index in [9.17, 15) is 4.79 Å². The van der Waals surface area contributed by atoms with Gasteiger partial charge in [-0.25, -0.2) is 14.6 Å². The van der Waals surface area contributed by atoms with Crippen molar-refractivity contribution in [2.45, 2.75) is 25.8 Å². The quantitative estimate of drug-likeness (QED) is 0.299. The Bertz CT molecular complexity index is 1560. The van der Waals surface area contributed by atoms with E-state index in [0.29, 0.717) is 18.9 Å². The summed E-state index contributed by atoms with van der Waals surface area (Å²) in [6.07, 6.45) is 8.49. The van der Waals surface area contributed by atoms with Crippen LogP contribution in [0.1, 0.15) is 25.8 Å². The number of likely N-dealkylation sites (tertiary alicyclic amines) is 1. The maximum atomic E-state index is 12.3. The summed E-state index contributed by atoms with van der Waals surface area (Å²) in [4.78, 5) is 26.5. The molecule has 1 amide bonds. The van der Waals surface area contributed by atoms with E-state index in [-0.39, 0.29) is 11.9 Å². The van der Waals surface area contributed by atoms with Gasteiger partial charge in [-0.05, 0) is 62.2 Å². The van der Waals surface area contributed by atoms with Crippen LogP contribution in [-0.4, -0.2) is 48.6 Å². The fourth-order valence-corrected chi connectivity index (χ4v) is 4.80. The van der Waals surface area contributed by atoms with Gasteiger partial charge in [-0.2, -0.15) is 5.10 Å². The van der Waals surface area contributed by atoms with Gasteiger partial charge in [0.25, 0.3) is 0 Å². The summed E-state index contributed by atoms with van der Waals surface area (Å²) < 4.78 is 7.92. The van der Waals surface area contributed by atoms with Crippen LogP contribution in [0.3, 0.4) is 0 Å². The molecule has 2 aromatic carbocycles. The second-order valence-electron chi connectivity index (χ2n) is 9.04. The zero-order valence-corrected chi connectivity index (χ0v) is 20.5. The maximum Gasteiger partial charge on any atom is 0.246 e. The lowest BCUT2D eigenvalue weighted by atomic mass is 10.0. The van der Waals surface area contributed by atoms with Crippen LogP contribution in [0.25, 0.3) is 22.1 Å². The number of nitrogens with one attached hydrogen (secondary N) is 2. The molecule has 37 heavy (non-hydrogen) atoms. The highest BCUT2D eigenvalue weighted by Gasteiger charge is 2.26. The number of para-hydroxylation sites is 1. The van der Waals surface area contributed by atoms with Gasteiger partial charge in [-0.15, -0.1) is 0 Å². The molecule has 0 spiro atoms. The van der Waals surface area contributed by atoms with Gasteiger partial charge >= 0.3 is 0 Å². The molecule has 1 saturated heterocycles. The van der Waals surface area contributed by atoms with Crippen LogP contribution in [0.4, 0.5) is 11.5 Å². The third-order valence-electron chi connectivity index (χ3n) is 6.65. The number of piperidine rings is 1. The van der Waals surface area contributed by atoms with Crippen molar-refractivity contribution in [1.29, 1.82) is 0 Å². The Morgan fingerprint density at radius 1 is 1.05 bits per heavy atom. The maximum absolute atomic E-state index is 12.3. The van der Waals surface area contributed by atoms with E-state index in [4.69, 9.17) is 9.84 Å². The SMILES string of the molecule is C/C=C/C(=O)N1CCC(n2nc(Nc3ccc(Oc4ccccc4)cc3)c3cnc4[nH]cnc2c43)CC1. The number of aromatic nitrogens is 5. The van der Waals surface area contributed by atoms with Gasteiger partial charge in [0.1, 0.15) is 17.1 Å². The lowest BCUT2D eigenvalue weighted by molar-refractivity contribution is -0.127. The van der Waals surface area contributed by atoms with Crippen LogP contribution in [0.15, 0.2) is 79.3 Å². The fourth-order valence-electron chi connectivity index (χ4n) is 4.80. The lowest BCUT2D eigenvalue weighted by Crippen LogP contribution is -2.38. The highest BCUT2D eigenvalue weighted by atomic mass is 16.5. The third-order valence-corrected chi connectivity index (χ3v) is 6.65. The first-order valence-corrected chi connectivity index (χ1v) is 12.4. The Balaban J connectivity index is 1.29. The van der Waals surface area contributed by atoms with Crippen molar-refractivity contribution in [2.24, 2.45) is 0 Å². The van der Waals surface area contributed by atoms with Gasteiger partial charge < -0.3 is 19.9 Å². The van der Waals surface area contributed by atoms with E-state index in [1.54, 1.807) is 18.5 Å². The molecule has 0 unspecified atom stereocenters. The summed E-state index contributed by atoms with van der Waals surface area (Å²) in [6.45, 7) is 3.22. The number of nitrogens with zero attached hydrogens (tertiary/aromatic N) is 5. The summed E-state index contributed by atoms with van der Waals surface area (Å²) in [5.74, 6) is 2.31. The Morgan fingerprint density at radius 3 is 2.57 bits per heavy atom. The van der Waals surface area contributed by atoms with Crippen LogP contribution < -0.4 is 10.1 Å². The molecule has 1 aliphatic rings. The minimum atomic E-state index is 0.0579. The molecule has 186 valence electrons. The number of hydrogen-bond acceptors (Lipinski definition) is 6. The van der Waals surface area contributed by atoms with Crippen molar-refractivity contribution in [3.05, 3.63) is 79.3 Å². The van der Waals surface area contributed by atoms with E-state index < -0.39 is 0 Å². The second kappa shape index (κ2) is 9.77. The molecule has 1 aliphatic heterocycles. The van der Waals surface area contributed by atoms with Crippen molar-refractivity contribution in [3.8, 4) is 11.5 Å². The Kier molecular flexibility index (Phi) is 6.02. The molecule has 0 aliphatic carbocycles. The largest absolute Gasteiger partial charge is 0.457 e. The Morgan fingerprint density at radius 2 is 1.81 bits per heavy atom. The molecule has 0 saturated carbocycles. The minimum Gasteiger partial charge on any atom is -0.457 e. The van der Waals surface area contributed by atoms with Gasteiger partial charge in [0, 0.05) is 25.0 Å². The summed E-state index contributed by atoms with van der Waals surface area (Å²) >= 11 is 0. The number of benzene rings is 2. The van der Waals surface area contributed by atoms with Crippen molar-refractivity contribution in [3.63, 3.8) is 0 Å². The molecule has 0 radical (unpaired) electrons. The average molecular weight is 494 g/mol. The van der Waals surface area contributed by atoms with Gasteiger partial charge in [0.15, 0.2) is 11.5 Å². The first kappa shape index (κ1) is 22.8. The first-order valence-electron chi connectivity index (χ1n) is 12.4. The fraction of sp³-hybridized carbons (Fsp3) is 0.214. The summed E-state index contributed by atoms with van der Waals surface area (Å²) in [7, 11) is 0. The number of carbonyl (C=O) groups excluding carboxylic acids is 1. The monoisotopic (exact) mass is 493 g/mol. The molecule has 4 heterocycles. The van der Waals surface area contributed by atoms with Crippen LogP contribution in [0.2, 0.25) is 0 Å². The molecule has 2 N–H and O–H groups in total. The second-order valence-corrected chi connectivity index (χ2v) is 9.04. The van der Waals surface area contributed by atoms with Gasteiger partial charge in [0.05, 0.1) is 23.1 Å². The number of aromatic amines is 1. The third kappa shape index (κ3) is 4.51. The summed E-state index contributed by atoms with van der Waals surface area (Å²) in [5, 5.41) is 10.3. The summed E-state index contributed by atoms with van der Waals surface area (Å²) in [6, 6.07) is 17.6. The highest BCUT2D eigenvalue weighted by molar-refractivity contribution is 6.09. The molecule has 1 fully saturated rings. The van der Waals surface area contributed by atoms with E-state index in [1.165, 1.54) is 0 Å². The molecule has 9 nitrogen and oxygen atoms in total. The number of rotatable bonds is 6. The molecular formula is C28H27N7O2. The minimum absolute atomic E-state index is 0.0579. The molecule has 6 rings (SSSR count). The predicted octanol–water partition coefficient (Wildman–Crippen LogP) is 5.58. The average Bonchev–Trinajstić information content (AvgIpc) is 3.38. The number of allylic oxidation sites excluding steroid dienone is 1. The van der Waals surface area contributed by atoms with Gasteiger partial charge in [-0.1, -0.05) is 24.3 Å². The van der Waals surface area contributed by atoms with E-state index >= 15 is 0 Å². The summed E-state index contributed by atoms with van der Waals surface area (Å²) in [5.41, 5.74) is 2.44. The van der Waals surface area contributed by atoms with Crippen LogP contribution in [0.5, 0.6) is 11.5 Å². The number of H-pyrrole nitrogens is 1. The van der Waals surface area contributed by atoms with Crippen molar-refractivity contribution >= 4 is 39.5 Å². The molecule has 0 bridgehead atoms. The first-order chi connectivity index (χ1) is 18.2. The van der Waals surface area contributed by atoms with Crippen molar-refractivity contribution in [1.82, 2.24) is 29.6 Å². The van der Waals surface area contributed by atoms with Crippen LogP contribution >= 0.6 is 0 Å². The number of anilines is 2. The Hall–Kier alpha value is -4.66. The molecule has 9 heteroatoms.